The lowest BCUT2D eigenvalue weighted by molar-refractivity contribution is -0.0583. The fourth-order valence-corrected chi connectivity index (χ4v) is 2.67. The largest absolute Gasteiger partial charge is 0.374 e. The second kappa shape index (κ2) is 5.61. The second-order valence-corrected chi connectivity index (χ2v) is 6.58. The van der Waals surface area contributed by atoms with Gasteiger partial charge in [-0.15, -0.1) is 5.92 Å². The molecule has 0 amide bonds. The van der Waals surface area contributed by atoms with Gasteiger partial charge < -0.3 is 10.5 Å². The maximum atomic E-state index is 6.21. The van der Waals surface area contributed by atoms with E-state index in [4.69, 9.17) is 10.5 Å². The third kappa shape index (κ3) is 3.71. The van der Waals surface area contributed by atoms with Crippen molar-refractivity contribution in [3.05, 3.63) is 0 Å². The van der Waals surface area contributed by atoms with Gasteiger partial charge in [-0.05, 0) is 40.2 Å². The van der Waals surface area contributed by atoms with Crippen LogP contribution in [0, 0.1) is 17.3 Å². The van der Waals surface area contributed by atoms with E-state index in [-0.39, 0.29) is 17.6 Å². The van der Waals surface area contributed by atoms with Crippen molar-refractivity contribution in [2.75, 3.05) is 19.7 Å². The summed E-state index contributed by atoms with van der Waals surface area (Å²) in [5.74, 6) is 6.45. The van der Waals surface area contributed by atoms with Gasteiger partial charge in [0.05, 0.1) is 12.7 Å². The summed E-state index contributed by atoms with van der Waals surface area (Å²) in [7, 11) is 0. The molecule has 2 N–H and O–H groups in total. The summed E-state index contributed by atoms with van der Waals surface area (Å²) in [5.41, 5.74) is 6.27. The van der Waals surface area contributed by atoms with Crippen LogP contribution < -0.4 is 5.73 Å². The van der Waals surface area contributed by atoms with Crippen molar-refractivity contribution in [2.45, 2.75) is 58.2 Å². The van der Waals surface area contributed by atoms with Crippen molar-refractivity contribution in [3.63, 3.8) is 0 Å². The van der Waals surface area contributed by atoms with Crippen molar-refractivity contribution in [1.29, 1.82) is 0 Å². The molecule has 0 bridgehead atoms. The van der Waals surface area contributed by atoms with Crippen LogP contribution >= 0.6 is 0 Å². The molecule has 2 heterocycles. The fourth-order valence-electron chi connectivity index (χ4n) is 2.67. The Bertz CT molecular complexity index is 337. The first kappa shape index (κ1) is 13.9. The van der Waals surface area contributed by atoms with E-state index >= 15 is 0 Å². The summed E-state index contributed by atoms with van der Waals surface area (Å²) in [6.07, 6.45) is 3.49. The number of morpholine rings is 1. The Morgan fingerprint density at radius 3 is 2.94 bits per heavy atom. The molecule has 3 nitrogen and oxygen atoms in total. The average Bonchev–Trinajstić information content (AvgIpc) is 2.73. The van der Waals surface area contributed by atoms with Crippen LogP contribution in [0.25, 0.3) is 0 Å². The molecule has 2 aliphatic heterocycles. The average molecular weight is 250 g/mol. The third-order valence-electron chi connectivity index (χ3n) is 3.69. The van der Waals surface area contributed by atoms with Gasteiger partial charge in [-0.2, -0.15) is 0 Å². The smallest absolute Gasteiger partial charge is 0.0862 e. The number of fused-ring (bicyclic) bond motifs is 1. The monoisotopic (exact) mass is 250 g/mol. The molecule has 102 valence electrons. The molecule has 3 unspecified atom stereocenters. The topological polar surface area (TPSA) is 38.5 Å². The molecule has 0 spiro atoms. The van der Waals surface area contributed by atoms with Crippen molar-refractivity contribution in [3.8, 4) is 11.8 Å². The fraction of sp³-hybridized carbons (Fsp3) is 0.867. The van der Waals surface area contributed by atoms with Gasteiger partial charge >= 0.3 is 0 Å². The van der Waals surface area contributed by atoms with Crippen molar-refractivity contribution in [1.82, 2.24) is 4.90 Å². The van der Waals surface area contributed by atoms with Crippen LogP contribution in [0.4, 0.5) is 0 Å². The summed E-state index contributed by atoms with van der Waals surface area (Å²) in [6.45, 7) is 9.42. The molecule has 2 saturated heterocycles. The molecular weight excluding hydrogens is 224 g/mol. The van der Waals surface area contributed by atoms with Crippen LogP contribution in [-0.2, 0) is 4.74 Å². The molecule has 3 heteroatoms. The minimum absolute atomic E-state index is 0.0430. The van der Waals surface area contributed by atoms with Crippen LogP contribution in [0.15, 0.2) is 0 Å². The van der Waals surface area contributed by atoms with E-state index in [1.165, 1.54) is 19.4 Å². The Balaban J connectivity index is 1.82. The Kier molecular flexibility index (Phi) is 4.32. The molecule has 2 fully saturated rings. The van der Waals surface area contributed by atoms with Crippen LogP contribution in [0.2, 0.25) is 0 Å². The Labute approximate surface area is 111 Å². The van der Waals surface area contributed by atoms with E-state index < -0.39 is 0 Å². The van der Waals surface area contributed by atoms with Crippen LogP contribution in [0.3, 0.4) is 0 Å². The van der Waals surface area contributed by atoms with Crippen molar-refractivity contribution >= 4 is 0 Å². The Morgan fingerprint density at radius 2 is 2.22 bits per heavy atom. The lowest BCUT2D eigenvalue weighted by Gasteiger charge is -2.37. The summed E-state index contributed by atoms with van der Waals surface area (Å²) in [6, 6.07) is 0.690. The number of hydrogen-bond acceptors (Lipinski definition) is 3. The molecule has 0 aromatic heterocycles. The van der Waals surface area contributed by atoms with Gasteiger partial charge in [0.1, 0.15) is 0 Å². The highest BCUT2D eigenvalue weighted by molar-refractivity contribution is 5.09. The number of nitrogens with zero attached hydrogens (tertiary/aromatic N) is 1. The summed E-state index contributed by atoms with van der Waals surface area (Å²) >= 11 is 0. The minimum Gasteiger partial charge on any atom is -0.374 e. The lowest BCUT2D eigenvalue weighted by atomic mass is 9.97. The number of hydrogen-bond donors (Lipinski definition) is 1. The van der Waals surface area contributed by atoms with E-state index in [1.807, 2.05) is 0 Å². The zero-order chi connectivity index (χ0) is 13.2. The molecule has 0 radical (unpaired) electrons. The molecular formula is C15H26N2O. The lowest BCUT2D eigenvalue weighted by Crippen LogP contribution is -2.52. The Morgan fingerprint density at radius 1 is 1.44 bits per heavy atom. The number of nitrogens with two attached hydrogens (primary N) is 1. The zero-order valence-electron chi connectivity index (χ0n) is 11.9. The maximum absolute atomic E-state index is 6.21. The minimum atomic E-state index is 0.0430. The summed E-state index contributed by atoms with van der Waals surface area (Å²) in [4.78, 5) is 2.53. The van der Waals surface area contributed by atoms with E-state index in [2.05, 4.69) is 37.5 Å². The van der Waals surface area contributed by atoms with E-state index in [0.29, 0.717) is 6.04 Å². The van der Waals surface area contributed by atoms with Crippen molar-refractivity contribution < 1.29 is 4.74 Å². The predicted octanol–water partition coefficient (Wildman–Crippen LogP) is 1.62. The molecule has 0 aromatic rings. The van der Waals surface area contributed by atoms with E-state index in [0.717, 1.165) is 19.6 Å². The van der Waals surface area contributed by atoms with Gasteiger partial charge in [0.2, 0.25) is 0 Å². The van der Waals surface area contributed by atoms with Gasteiger partial charge in [0, 0.05) is 30.5 Å². The molecule has 0 saturated carbocycles. The standard InChI is InChI=1S/C15H26N2O/c1-15(2,3)8-4-7-13(16)14-10-17-9-5-6-12(17)11-18-14/h12-14H,5-7,9-11,16H2,1-3H3. The van der Waals surface area contributed by atoms with Crippen LogP contribution in [0.1, 0.15) is 40.0 Å². The normalized spacial score (nSPS) is 30.4. The van der Waals surface area contributed by atoms with Gasteiger partial charge in [-0.3, -0.25) is 4.90 Å². The SMILES string of the molecule is CC(C)(C)C#CCC(N)C1CN2CCCC2CO1. The van der Waals surface area contributed by atoms with Gasteiger partial charge in [0.15, 0.2) is 0 Å². The first-order valence-corrected chi connectivity index (χ1v) is 7.07. The highest BCUT2D eigenvalue weighted by atomic mass is 16.5. The quantitative estimate of drug-likeness (QED) is 0.757. The molecule has 2 aliphatic rings. The second-order valence-electron chi connectivity index (χ2n) is 6.58. The summed E-state index contributed by atoms with van der Waals surface area (Å²) < 4.78 is 5.90. The molecule has 3 atom stereocenters. The first-order valence-electron chi connectivity index (χ1n) is 7.07. The molecule has 0 aliphatic carbocycles. The number of ether oxygens (including phenoxy) is 1. The summed E-state index contributed by atoms with van der Waals surface area (Å²) in [5, 5.41) is 0. The molecule has 0 aromatic carbocycles. The van der Waals surface area contributed by atoms with Gasteiger partial charge in [0.25, 0.3) is 0 Å². The molecule has 2 rings (SSSR count). The van der Waals surface area contributed by atoms with Crippen molar-refractivity contribution in [2.24, 2.45) is 11.1 Å². The first-order chi connectivity index (χ1) is 8.46. The zero-order valence-corrected chi connectivity index (χ0v) is 11.9. The van der Waals surface area contributed by atoms with Crippen LogP contribution in [-0.4, -0.2) is 42.8 Å². The highest BCUT2D eigenvalue weighted by Crippen LogP contribution is 2.23. The van der Waals surface area contributed by atoms with E-state index in [9.17, 15) is 0 Å². The maximum Gasteiger partial charge on any atom is 0.0862 e. The third-order valence-corrected chi connectivity index (χ3v) is 3.69. The molecule has 18 heavy (non-hydrogen) atoms. The van der Waals surface area contributed by atoms with Crippen LogP contribution in [0.5, 0.6) is 0 Å². The highest BCUT2D eigenvalue weighted by Gasteiger charge is 2.34. The van der Waals surface area contributed by atoms with E-state index in [1.54, 1.807) is 0 Å². The predicted molar refractivity (Wildman–Crippen MR) is 74.2 cm³/mol. The van der Waals surface area contributed by atoms with Gasteiger partial charge in [-0.25, -0.2) is 0 Å². The number of rotatable bonds is 2. The Hall–Kier alpha value is -0.560. The van der Waals surface area contributed by atoms with Gasteiger partial charge in [-0.1, -0.05) is 5.92 Å².